The Morgan fingerprint density at radius 3 is 2.50 bits per heavy atom. The van der Waals surface area contributed by atoms with Crippen LogP contribution >= 0.6 is 0 Å². The lowest BCUT2D eigenvalue weighted by Crippen LogP contribution is -3.12. The van der Waals surface area contributed by atoms with Gasteiger partial charge in [0.1, 0.15) is 5.56 Å². The number of hydrogen-bond donors (Lipinski definition) is 5. The van der Waals surface area contributed by atoms with E-state index in [0.29, 0.717) is 12.3 Å². The van der Waals surface area contributed by atoms with Crippen LogP contribution in [0.15, 0.2) is 14.7 Å². The highest BCUT2D eigenvalue weighted by atomic mass is 16.3. The Morgan fingerprint density at radius 1 is 1.30 bits per heavy atom. The van der Waals surface area contributed by atoms with Crippen molar-refractivity contribution < 1.29 is 10.0 Å². The van der Waals surface area contributed by atoms with Crippen LogP contribution in [0.25, 0.3) is 0 Å². The molecule has 8 heteroatoms. The van der Waals surface area contributed by atoms with Gasteiger partial charge in [-0.25, -0.2) is 4.79 Å². The third-order valence-electron chi connectivity index (χ3n) is 3.12. The van der Waals surface area contributed by atoms with E-state index in [1.54, 1.807) is 6.92 Å². The van der Waals surface area contributed by atoms with Gasteiger partial charge in [-0.15, -0.1) is 0 Å². The normalized spacial score (nSPS) is 11.9. The minimum absolute atomic E-state index is 0.0349. The molecule has 8 nitrogen and oxygen atoms in total. The van der Waals surface area contributed by atoms with E-state index >= 15 is 0 Å². The van der Waals surface area contributed by atoms with Gasteiger partial charge in [0.05, 0.1) is 31.9 Å². The number of aromatic amines is 2. The number of hydrogen-bond acceptors (Lipinski definition) is 5. The van der Waals surface area contributed by atoms with Gasteiger partial charge in [-0.3, -0.25) is 14.8 Å². The molecular weight excluding hydrogens is 262 g/mol. The molecule has 0 aliphatic heterocycles. The third-order valence-corrected chi connectivity index (χ3v) is 3.12. The molecule has 1 rings (SSSR count). The van der Waals surface area contributed by atoms with E-state index in [4.69, 9.17) is 0 Å². The number of nitrogens with zero attached hydrogens (tertiary/aromatic N) is 1. The quantitative estimate of drug-likeness (QED) is 0.226. The lowest BCUT2D eigenvalue weighted by molar-refractivity contribution is -0.895. The summed E-state index contributed by atoms with van der Waals surface area (Å²) >= 11 is 0. The molecule has 1 aromatic heterocycles. The molecule has 0 amide bonds. The summed E-state index contributed by atoms with van der Waals surface area (Å²) < 4.78 is 0. The molecule has 0 aliphatic rings. The highest BCUT2D eigenvalue weighted by Gasteiger charge is 2.11. The highest BCUT2D eigenvalue weighted by Crippen LogP contribution is 2.05. The molecule has 0 saturated carbocycles. The number of rotatable bonds is 7. The minimum atomic E-state index is -0.748. The molecule has 1 aromatic rings. The Balaban J connectivity index is 2.71. The van der Waals surface area contributed by atoms with Crippen molar-refractivity contribution in [2.45, 2.75) is 20.8 Å². The number of aromatic nitrogens is 2. The van der Waals surface area contributed by atoms with Gasteiger partial charge in [-0.1, -0.05) is 0 Å². The van der Waals surface area contributed by atoms with Gasteiger partial charge in [0.15, 0.2) is 0 Å². The number of likely N-dealkylation sites (N-methyl/N-ethyl adjacent to an activating group) is 1. The molecule has 5 N–H and O–H groups in total. The van der Waals surface area contributed by atoms with Crippen molar-refractivity contribution in [3.8, 4) is 5.88 Å². The Bertz CT molecular complexity index is 571. The summed E-state index contributed by atoms with van der Waals surface area (Å²) in [5.41, 5.74) is 1.73. The van der Waals surface area contributed by atoms with Crippen molar-refractivity contribution in [2.75, 3.05) is 26.2 Å². The van der Waals surface area contributed by atoms with E-state index in [2.05, 4.69) is 29.4 Å². The summed E-state index contributed by atoms with van der Waals surface area (Å²) in [6.45, 7) is 9.48. The molecule has 0 aliphatic carbocycles. The van der Waals surface area contributed by atoms with Crippen molar-refractivity contribution in [1.29, 1.82) is 0 Å². The first-order valence-corrected chi connectivity index (χ1v) is 6.66. The second kappa shape index (κ2) is 7.49. The maximum absolute atomic E-state index is 11.6. The van der Waals surface area contributed by atoms with Crippen LogP contribution in [0.4, 0.5) is 0 Å². The summed E-state index contributed by atoms with van der Waals surface area (Å²) in [7, 11) is 0. The van der Waals surface area contributed by atoms with Gasteiger partial charge < -0.3 is 15.4 Å². The van der Waals surface area contributed by atoms with Crippen LogP contribution in [0.3, 0.4) is 0 Å². The molecule has 0 unspecified atom stereocenters. The molecule has 1 heterocycles. The SMILES string of the molecule is CC[NH+](CC)CCN/N=C(\C)c1c(O)[nH]c(=O)[nH]c1=O. The largest absolute Gasteiger partial charge is 0.494 e. The number of hydrazone groups is 1. The van der Waals surface area contributed by atoms with Gasteiger partial charge in [0.2, 0.25) is 5.88 Å². The number of quaternary nitrogens is 1. The van der Waals surface area contributed by atoms with Crippen LogP contribution in [0.5, 0.6) is 5.88 Å². The van der Waals surface area contributed by atoms with Crippen molar-refractivity contribution in [3.05, 3.63) is 26.4 Å². The number of nitrogens with one attached hydrogen (secondary N) is 4. The molecule has 0 saturated heterocycles. The molecular formula is C12H22N5O3+. The van der Waals surface area contributed by atoms with Crippen molar-refractivity contribution in [2.24, 2.45) is 5.10 Å². The summed E-state index contributed by atoms with van der Waals surface area (Å²) in [5.74, 6) is -0.476. The van der Waals surface area contributed by atoms with Crippen molar-refractivity contribution in [1.82, 2.24) is 15.4 Å². The van der Waals surface area contributed by atoms with E-state index in [0.717, 1.165) is 19.6 Å². The Hall–Kier alpha value is -2.09. The Labute approximate surface area is 116 Å². The molecule has 0 atom stereocenters. The van der Waals surface area contributed by atoms with Crippen LogP contribution < -0.4 is 21.6 Å². The molecule has 112 valence electrons. The first-order valence-electron chi connectivity index (χ1n) is 6.66. The van der Waals surface area contributed by atoms with Crippen LogP contribution in [-0.4, -0.2) is 47.0 Å². The monoisotopic (exact) mass is 284 g/mol. The first-order chi connectivity index (χ1) is 9.49. The predicted molar refractivity (Wildman–Crippen MR) is 76.5 cm³/mol. The van der Waals surface area contributed by atoms with Gasteiger partial charge in [-0.2, -0.15) is 5.10 Å². The van der Waals surface area contributed by atoms with Crippen LogP contribution in [0.1, 0.15) is 26.3 Å². The third kappa shape index (κ3) is 4.23. The van der Waals surface area contributed by atoms with E-state index in [-0.39, 0.29) is 5.56 Å². The van der Waals surface area contributed by atoms with E-state index in [9.17, 15) is 14.7 Å². The molecule has 20 heavy (non-hydrogen) atoms. The van der Waals surface area contributed by atoms with Crippen molar-refractivity contribution >= 4 is 5.71 Å². The minimum Gasteiger partial charge on any atom is -0.494 e. The summed E-state index contributed by atoms with van der Waals surface area (Å²) in [6, 6.07) is 0. The molecule has 0 radical (unpaired) electrons. The van der Waals surface area contributed by atoms with E-state index in [1.807, 2.05) is 4.98 Å². The fraction of sp³-hybridized carbons (Fsp3) is 0.583. The zero-order valence-corrected chi connectivity index (χ0v) is 12.0. The fourth-order valence-electron chi connectivity index (χ4n) is 1.88. The maximum Gasteiger partial charge on any atom is 0.328 e. The lowest BCUT2D eigenvalue weighted by Gasteiger charge is -2.14. The second-order valence-corrected chi connectivity index (χ2v) is 4.44. The zero-order valence-electron chi connectivity index (χ0n) is 12.0. The van der Waals surface area contributed by atoms with E-state index in [1.165, 1.54) is 4.90 Å². The smallest absolute Gasteiger partial charge is 0.328 e. The number of aromatic hydroxyl groups is 1. The summed E-state index contributed by atoms with van der Waals surface area (Å²) in [6.07, 6.45) is 0. The average Bonchev–Trinajstić information content (AvgIpc) is 2.37. The number of H-pyrrole nitrogens is 2. The topological polar surface area (TPSA) is 115 Å². The second-order valence-electron chi connectivity index (χ2n) is 4.44. The Kier molecular flexibility index (Phi) is 5.98. The summed E-state index contributed by atoms with van der Waals surface area (Å²) in [5, 5.41) is 13.6. The van der Waals surface area contributed by atoms with Gasteiger partial charge >= 0.3 is 5.69 Å². The Morgan fingerprint density at radius 2 is 1.95 bits per heavy atom. The molecule has 0 fully saturated rings. The standard InChI is InChI=1S/C12H21N5O3/c1-4-17(5-2)7-6-13-16-8(3)9-10(18)14-12(20)15-11(9)19/h13H,4-7H2,1-3H3,(H3,14,15,18,19,20)/p+1/b16-8+. The van der Waals surface area contributed by atoms with Crippen LogP contribution in [-0.2, 0) is 0 Å². The zero-order chi connectivity index (χ0) is 15.1. The first kappa shape index (κ1) is 16.0. The molecule has 0 bridgehead atoms. The maximum atomic E-state index is 11.6. The van der Waals surface area contributed by atoms with Crippen LogP contribution in [0.2, 0.25) is 0 Å². The molecule has 0 aromatic carbocycles. The van der Waals surface area contributed by atoms with Crippen molar-refractivity contribution in [3.63, 3.8) is 0 Å². The lowest BCUT2D eigenvalue weighted by atomic mass is 10.2. The van der Waals surface area contributed by atoms with Crippen LogP contribution in [0, 0.1) is 0 Å². The predicted octanol–water partition coefficient (Wildman–Crippen LogP) is -1.99. The highest BCUT2D eigenvalue weighted by molar-refractivity contribution is 5.99. The van der Waals surface area contributed by atoms with Gasteiger partial charge in [0.25, 0.3) is 5.56 Å². The molecule has 0 spiro atoms. The fourth-order valence-corrected chi connectivity index (χ4v) is 1.88. The van der Waals surface area contributed by atoms with Gasteiger partial charge in [0, 0.05) is 0 Å². The average molecular weight is 284 g/mol. The summed E-state index contributed by atoms with van der Waals surface area (Å²) in [4.78, 5) is 28.2. The van der Waals surface area contributed by atoms with E-state index < -0.39 is 17.1 Å². The van der Waals surface area contributed by atoms with Gasteiger partial charge in [-0.05, 0) is 20.8 Å².